The molecule has 0 bridgehead atoms. The van der Waals surface area contributed by atoms with Crippen LogP contribution in [-0.4, -0.2) is 24.8 Å². The van der Waals surface area contributed by atoms with E-state index in [4.69, 9.17) is 4.74 Å². The van der Waals surface area contributed by atoms with Crippen molar-refractivity contribution in [2.45, 2.75) is 19.8 Å². The Morgan fingerprint density at radius 1 is 1.50 bits per heavy atom. The Kier molecular flexibility index (Phi) is 4.30. The van der Waals surface area contributed by atoms with E-state index < -0.39 is 5.92 Å². The molecule has 0 saturated heterocycles. The largest absolute Gasteiger partial charge is 0.381 e. The van der Waals surface area contributed by atoms with Gasteiger partial charge in [-0.2, -0.15) is 0 Å². The van der Waals surface area contributed by atoms with E-state index in [9.17, 15) is 9.59 Å². The van der Waals surface area contributed by atoms with E-state index in [-0.39, 0.29) is 11.6 Å². The first-order valence-electron chi connectivity index (χ1n) is 6.06. The van der Waals surface area contributed by atoms with E-state index >= 15 is 0 Å². The van der Waals surface area contributed by atoms with E-state index in [0.29, 0.717) is 31.6 Å². The van der Waals surface area contributed by atoms with E-state index in [0.717, 1.165) is 10.0 Å². The molecule has 1 unspecified atom stereocenters. The molecule has 96 valence electrons. The summed E-state index contributed by atoms with van der Waals surface area (Å²) in [4.78, 5) is 24.1. The Morgan fingerprint density at radius 2 is 2.28 bits per heavy atom. The van der Waals surface area contributed by atoms with Crippen molar-refractivity contribution < 1.29 is 14.3 Å². The lowest BCUT2D eigenvalue weighted by Crippen LogP contribution is -2.22. The predicted molar refractivity (Wildman–Crippen MR) is 71.8 cm³/mol. The van der Waals surface area contributed by atoms with Crippen LogP contribution in [0, 0.1) is 5.92 Å². The van der Waals surface area contributed by atoms with Crippen LogP contribution in [0.3, 0.4) is 0 Å². The van der Waals surface area contributed by atoms with Crippen molar-refractivity contribution in [3.63, 3.8) is 0 Å². The third-order valence-corrected chi connectivity index (χ3v) is 3.66. The predicted octanol–water partition coefficient (Wildman–Crippen LogP) is 2.80. The molecule has 4 heteroatoms. The van der Waals surface area contributed by atoms with Gasteiger partial charge in [-0.1, -0.05) is 22.0 Å². The zero-order valence-electron chi connectivity index (χ0n) is 10.2. The summed E-state index contributed by atoms with van der Waals surface area (Å²) in [5, 5.41) is 0. The SMILES string of the molecule is CCOCCC(=O)C1Cc2ccc(Br)cc2C1=O. The molecule has 1 aromatic rings. The first kappa shape index (κ1) is 13.4. The molecular weight excluding hydrogens is 296 g/mol. The topological polar surface area (TPSA) is 43.4 Å². The number of fused-ring (bicyclic) bond motifs is 1. The third-order valence-electron chi connectivity index (χ3n) is 3.16. The lowest BCUT2D eigenvalue weighted by Gasteiger charge is -2.06. The Hall–Kier alpha value is -1.00. The zero-order valence-corrected chi connectivity index (χ0v) is 11.8. The highest BCUT2D eigenvalue weighted by molar-refractivity contribution is 9.10. The van der Waals surface area contributed by atoms with Gasteiger partial charge >= 0.3 is 0 Å². The van der Waals surface area contributed by atoms with Crippen molar-refractivity contribution in [3.05, 3.63) is 33.8 Å². The minimum atomic E-state index is -0.505. The van der Waals surface area contributed by atoms with Gasteiger partial charge in [0.1, 0.15) is 5.78 Å². The van der Waals surface area contributed by atoms with Gasteiger partial charge in [0.25, 0.3) is 0 Å². The molecule has 0 saturated carbocycles. The first-order valence-corrected chi connectivity index (χ1v) is 6.86. The maximum atomic E-state index is 12.1. The van der Waals surface area contributed by atoms with Crippen LogP contribution in [0.25, 0.3) is 0 Å². The zero-order chi connectivity index (χ0) is 13.1. The second-order valence-corrected chi connectivity index (χ2v) is 5.25. The minimum absolute atomic E-state index is 0.0132. The summed E-state index contributed by atoms with van der Waals surface area (Å²) in [5.74, 6) is -0.566. The standard InChI is InChI=1S/C14H15BrO3/c1-2-18-6-5-13(16)12-7-9-3-4-10(15)8-11(9)14(12)17/h3-4,8,12H,2,5-7H2,1H3. The second kappa shape index (κ2) is 5.76. The maximum absolute atomic E-state index is 12.1. The van der Waals surface area contributed by atoms with Gasteiger partial charge in [-0.05, 0) is 31.0 Å². The molecule has 3 nitrogen and oxygen atoms in total. The molecule has 0 radical (unpaired) electrons. The van der Waals surface area contributed by atoms with E-state index in [1.165, 1.54) is 0 Å². The molecule has 0 amide bonds. The van der Waals surface area contributed by atoms with Gasteiger partial charge in [-0.3, -0.25) is 9.59 Å². The number of benzene rings is 1. The van der Waals surface area contributed by atoms with E-state index in [2.05, 4.69) is 15.9 Å². The van der Waals surface area contributed by atoms with Gasteiger partial charge in [-0.25, -0.2) is 0 Å². The van der Waals surface area contributed by atoms with Crippen molar-refractivity contribution in [2.75, 3.05) is 13.2 Å². The van der Waals surface area contributed by atoms with Crippen LogP contribution >= 0.6 is 15.9 Å². The van der Waals surface area contributed by atoms with Gasteiger partial charge in [0.05, 0.1) is 12.5 Å². The molecule has 1 aromatic carbocycles. The highest BCUT2D eigenvalue weighted by atomic mass is 79.9. The summed E-state index contributed by atoms with van der Waals surface area (Å²) in [7, 11) is 0. The molecule has 0 fully saturated rings. The summed E-state index contributed by atoms with van der Waals surface area (Å²) in [6.45, 7) is 2.89. The number of ether oxygens (including phenoxy) is 1. The molecule has 0 aromatic heterocycles. The number of halogens is 1. The van der Waals surface area contributed by atoms with E-state index in [1.807, 2.05) is 19.1 Å². The average Bonchev–Trinajstić information content (AvgIpc) is 2.67. The maximum Gasteiger partial charge on any atom is 0.173 e. The van der Waals surface area contributed by atoms with E-state index in [1.54, 1.807) is 6.07 Å². The molecule has 1 atom stereocenters. The van der Waals surface area contributed by atoms with Crippen molar-refractivity contribution in [1.29, 1.82) is 0 Å². The number of Topliss-reactive ketones (excluding diaryl/α,β-unsaturated/α-hetero) is 2. The summed E-state index contributed by atoms with van der Waals surface area (Å²) >= 11 is 3.34. The summed E-state index contributed by atoms with van der Waals surface area (Å²) in [6.07, 6.45) is 0.853. The number of carbonyl (C=O) groups excluding carboxylic acids is 2. The number of carbonyl (C=O) groups is 2. The van der Waals surface area contributed by atoms with Crippen LogP contribution in [0.1, 0.15) is 29.3 Å². The van der Waals surface area contributed by atoms with Crippen LogP contribution in [0.4, 0.5) is 0 Å². The highest BCUT2D eigenvalue weighted by Gasteiger charge is 2.35. The average molecular weight is 311 g/mol. The van der Waals surface area contributed by atoms with Crippen LogP contribution in [-0.2, 0) is 16.0 Å². The fraction of sp³-hybridized carbons (Fsp3) is 0.429. The molecule has 0 aliphatic heterocycles. The third kappa shape index (κ3) is 2.70. The molecule has 18 heavy (non-hydrogen) atoms. The lowest BCUT2D eigenvalue weighted by molar-refractivity contribution is -0.122. The van der Waals surface area contributed by atoms with Crippen molar-refractivity contribution in [1.82, 2.24) is 0 Å². The van der Waals surface area contributed by atoms with Gasteiger partial charge in [0.2, 0.25) is 0 Å². The van der Waals surface area contributed by atoms with Crippen LogP contribution in [0.2, 0.25) is 0 Å². The van der Waals surface area contributed by atoms with Crippen molar-refractivity contribution in [2.24, 2.45) is 5.92 Å². The quantitative estimate of drug-likeness (QED) is 0.620. The van der Waals surface area contributed by atoms with Crippen LogP contribution < -0.4 is 0 Å². The number of hydrogen-bond donors (Lipinski definition) is 0. The van der Waals surface area contributed by atoms with Crippen LogP contribution in [0.5, 0.6) is 0 Å². The molecule has 0 N–H and O–H groups in total. The van der Waals surface area contributed by atoms with Gasteiger partial charge < -0.3 is 4.74 Å². The molecular formula is C14H15BrO3. The first-order chi connectivity index (χ1) is 8.63. The Bertz CT molecular complexity index is 482. The summed E-state index contributed by atoms with van der Waals surface area (Å²) in [5.41, 5.74) is 1.65. The Labute approximate surface area is 115 Å². The number of hydrogen-bond acceptors (Lipinski definition) is 3. The Balaban J connectivity index is 2.07. The minimum Gasteiger partial charge on any atom is -0.381 e. The monoisotopic (exact) mass is 310 g/mol. The fourth-order valence-corrected chi connectivity index (χ4v) is 2.57. The van der Waals surface area contributed by atoms with Crippen molar-refractivity contribution >= 4 is 27.5 Å². The lowest BCUT2D eigenvalue weighted by atomic mass is 9.98. The van der Waals surface area contributed by atoms with Crippen molar-refractivity contribution in [3.8, 4) is 0 Å². The van der Waals surface area contributed by atoms with Gasteiger partial charge in [0.15, 0.2) is 5.78 Å². The number of ketones is 2. The summed E-state index contributed by atoms with van der Waals surface area (Å²) in [6, 6.07) is 5.61. The highest BCUT2D eigenvalue weighted by Crippen LogP contribution is 2.30. The normalized spacial score (nSPS) is 17.9. The fourth-order valence-electron chi connectivity index (χ4n) is 2.21. The van der Waals surface area contributed by atoms with Gasteiger partial charge in [-0.15, -0.1) is 0 Å². The number of rotatable bonds is 5. The molecule has 2 rings (SSSR count). The van der Waals surface area contributed by atoms with Crippen LogP contribution in [0.15, 0.2) is 22.7 Å². The molecule has 1 aliphatic rings. The summed E-state index contributed by atoms with van der Waals surface area (Å²) < 4.78 is 6.03. The second-order valence-electron chi connectivity index (χ2n) is 4.34. The Morgan fingerprint density at radius 3 is 3.00 bits per heavy atom. The smallest absolute Gasteiger partial charge is 0.173 e. The molecule has 0 spiro atoms. The molecule has 1 aliphatic carbocycles. The molecule has 0 heterocycles. The van der Waals surface area contributed by atoms with Gasteiger partial charge in [0, 0.05) is 23.1 Å².